The Hall–Kier alpha value is -1.58. The summed E-state index contributed by atoms with van der Waals surface area (Å²) in [6.07, 6.45) is 1.72. The molecule has 1 aliphatic heterocycles. The van der Waals surface area contributed by atoms with E-state index in [4.69, 9.17) is 0 Å². The van der Waals surface area contributed by atoms with Crippen LogP contribution in [0.4, 0.5) is 5.69 Å². The van der Waals surface area contributed by atoms with Crippen molar-refractivity contribution in [1.82, 2.24) is 10.3 Å². The first kappa shape index (κ1) is 8.04. The van der Waals surface area contributed by atoms with Crippen molar-refractivity contribution in [3.8, 4) is 0 Å². The summed E-state index contributed by atoms with van der Waals surface area (Å²) in [6.45, 7) is 4.45. The van der Waals surface area contributed by atoms with E-state index in [-0.39, 0.29) is 5.91 Å². The van der Waals surface area contributed by atoms with Gasteiger partial charge >= 0.3 is 0 Å². The Balaban J connectivity index is 2.63. The fourth-order valence-corrected chi connectivity index (χ4v) is 1.38. The summed E-state index contributed by atoms with van der Waals surface area (Å²) in [5.41, 5.74) is 3.55. The molecule has 0 spiro atoms. The fourth-order valence-electron chi connectivity index (χ4n) is 1.38. The smallest absolute Gasteiger partial charge is 0.273 e. The van der Waals surface area contributed by atoms with Crippen LogP contribution in [0, 0.1) is 13.8 Å². The molecule has 0 atom stereocenters. The van der Waals surface area contributed by atoms with Crippen LogP contribution in [-0.2, 0) is 0 Å². The van der Waals surface area contributed by atoms with Crippen LogP contribution in [0.25, 0.3) is 0 Å². The Morgan fingerprint density at radius 2 is 2.15 bits per heavy atom. The van der Waals surface area contributed by atoms with Gasteiger partial charge in [0.1, 0.15) is 0 Å². The Bertz CT molecular complexity index is 373. The van der Waals surface area contributed by atoms with E-state index in [1.807, 2.05) is 13.8 Å². The van der Waals surface area contributed by atoms with Gasteiger partial charge in [0.05, 0.1) is 12.4 Å². The topological polar surface area (TPSA) is 54.0 Å². The first-order valence-corrected chi connectivity index (χ1v) is 4.18. The molecule has 2 N–H and O–H groups in total. The van der Waals surface area contributed by atoms with Gasteiger partial charge in [-0.15, -0.1) is 0 Å². The fraction of sp³-hybridized carbons (Fsp3) is 0.333. The number of carbonyl (C=O) groups is 1. The summed E-state index contributed by atoms with van der Waals surface area (Å²) < 4.78 is 0. The van der Waals surface area contributed by atoms with Crippen molar-refractivity contribution in [3.05, 3.63) is 23.0 Å². The third kappa shape index (κ3) is 1.14. The molecule has 0 fully saturated rings. The van der Waals surface area contributed by atoms with E-state index in [1.54, 1.807) is 6.20 Å². The van der Waals surface area contributed by atoms with Gasteiger partial charge in [0, 0.05) is 6.20 Å². The van der Waals surface area contributed by atoms with Gasteiger partial charge in [-0.25, -0.2) is 4.98 Å². The second kappa shape index (κ2) is 2.73. The molecule has 0 bridgehead atoms. The van der Waals surface area contributed by atoms with Crippen LogP contribution in [0.3, 0.4) is 0 Å². The highest BCUT2D eigenvalue weighted by molar-refractivity contribution is 6.00. The Kier molecular flexibility index (Phi) is 1.69. The van der Waals surface area contributed by atoms with Gasteiger partial charge < -0.3 is 10.6 Å². The van der Waals surface area contributed by atoms with Crippen LogP contribution in [-0.4, -0.2) is 17.6 Å². The highest BCUT2D eigenvalue weighted by atomic mass is 16.2. The van der Waals surface area contributed by atoms with E-state index >= 15 is 0 Å². The molecule has 1 aromatic heterocycles. The number of pyridine rings is 1. The van der Waals surface area contributed by atoms with Gasteiger partial charge in [-0.1, -0.05) is 0 Å². The number of nitrogens with one attached hydrogen (secondary N) is 2. The normalized spacial score (nSPS) is 14.5. The number of anilines is 1. The molecule has 0 aromatic carbocycles. The highest BCUT2D eigenvalue weighted by Gasteiger charge is 2.19. The predicted molar refractivity (Wildman–Crippen MR) is 49.7 cm³/mol. The van der Waals surface area contributed by atoms with Crippen molar-refractivity contribution in [2.45, 2.75) is 13.8 Å². The Morgan fingerprint density at radius 1 is 1.38 bits per heavy atom. The second-order valence-electron chi connectivity index (χ2n) is 3.15. The molecule has 0 aliphatic carbocycles. The number of carbonyl (C=O) groups excluding carboxylic acids is 1. The molecule has 0 saturated heterocycles. The first-order valence-electron chi connectivity index (χ1n) is 4.18. The lowest BCUT2D eigenvalue weighted by Crippen LogP contribution is -2.36. The number of hydrogen-bond acceptors (Lipinski definition) is 3. The molecular formula is C9H11N3O. The van der Waals surface area contributed by atoms with Gasteiger partial charge in [0.15, 0.2) is 5.69 Å². The van der Waals surface area contributed by atoms with Crippen LogP contribution in [0.1, 0.15) is 21.6 Å². The van der Waals surface area contributed by atoms with Crippen LogP contribution in [0.5, 0.6) is 0 Å². The number of aryl methyl sites for hydroxylation is 1. The summed E-state index contributed by atoms with van der Waals surface area (Å²) in [4.78, 5) is 15.4. The summed E-state index contributed by atoms with van der Waals surface area (Å²) in [7, 11) is 0. The van der Waals surface area contributed by atoms with Gasteiger partial charge in [0.25, 0.3) is 5.91 Å². The van der Waals surface area contributed by atoms with E-state index in [0.29, 0.717) is 12.4 Å². The van der Waals surface area contributed by atoms with Crippen molar-refractivity contribution in [2.24, 2.45) is 0 Å². The average molecular weight is 177 g/mol. The lowest BCUT2D eigenvalue weighted by Gasteiger charge is -2.20. The molecule has 4 nitrogen and oxygen atoms in total. The van der Waals surface area contributed by atoms with E-state index in [1.165, 1.54) is 0 Å². The third-order valence-corrected chi connectivity index (χ3v) is 2.32. The van der Waals surface area contributed by atoms with E-state index in [2.05, 4.69) is 15.6 Å². The zero-order valence-electron chi connectivity index (χ0n) is 7.64. The maximum absolute atomic E-state index is 11.3. The van der Waals surface area contributed by atoms with Crippen molar-refractivity contribution in [1.29, 1.82) is 0 Å². The molecule has 1 aliphatic rings. The van der Waals surface area contributed by atoms with Gasteiger partial charge in [-0.3, -0.25) is 4.79 Å². The number of hydrogen-bond donors (Lipinski definition) is 2. The standard InChI is InChI=1S/C9H11N3O/c1-5-3-10-8-7(6(5)2)11-4-12-9(8)13/h3,11H,4H2,1-2H3,(H,12,13). The first-order chi connectivity index (χ1) is 6.20. The number of rotatable bonds is 0. The third-order valence-electron chi connectivity index (χ3n) is 2.32. The lowest BCUT2D eigenvalue weighted by atomic mass is 10.1. The minimum Gasteiger partial charge on any atom is -0.366 e. The molecule has 1 aromatic rings. The molecule has 1 amide bonds. The maximum atomic E-state index is 11.3. The maximum Gasteiger partial charge on any atom is 0.273 e. The summed E-state index contributed by atoms with van der Waals surface area (Å²) in [5.74, 6) is -0.100. The van der Waals surface area contributed by atoms with Gasteiger partial charge in [0.2, 0.25) is 0 Å². The summed E-state index contributed by atoms with van der Waals surface area (Å²) >= 11 is 0. The Labute approximate surface area is 76.4 Å². The minimum atomic E-state index is -0.100. The van der Waals surface area contributed by atoms with E-state index < -0.39 is 0 Å². The molecule has 0 unspecified atom stereocenters. The Morgan fingerprint density at radius 3 is 2.92 bits per heavy atom. The molecule has 13 heavy (non-hydrogen) atoms. The molecule has 68 valence electrons. The average Bonchev–Trinajstić information content (AvgIpc) is 2.12. The van der Waals surface area contributed by atoms with Gasteiger partial charge in [-0.2, -0.15) is 0 Å². The highest BCUT2D eigenvalue weighted by Crippen LogP contribution is 2.22. The summed E-state index contributed by atoms with van der Waals surface area (Å²) in [6, 6.07) is 0. The van der Waals surface area contributed by atoms with Crippen molar-refractivity contribution >= 4 is 11.6 Å². The zero-order chi connectivity index (χ0) is 9.42. The minimum absolute atomic E-state index is 0.100. The van der Waals surface area contributed by atoms with Crippen molar-refractivity contribution in [3.63, 3.8) is 0 Å². The molecule has 0 radical (unpaired) electrons. The molecule has 0 saturated carbocycles. The second-order valence-corrected chi connectivity index (χ2v) is 3.15. The number of aromatic nitrogens is 1. The predicted octanol–water partition coefficient (Wildman–Crippen LogP) is 0.811. The van der Waals surface area contributed by atoms with E-state index in [9.17, 15) is 4.79 Å². The van der Waals surface area contributed by atoms with Crippen LogP contribution in [0.2, 0.25) is 0 Å². The molecule has 2 heterocycles. The van der Waals surface area contributed by atoms with E-state index in [0.717, 1.165) is 16.8 Å². The zero-order valence-corrected chi connectivity index (χ0v) is 7.64. The quantitative estimate of drug-likeness (QED) is 0.616. The van der Waals surface area contributed by atoms with Crippen LogP contribution < -0.4 is 10.6 Å². The molecule has 4 heteroatoms. The number of amides is 1. The van der Waals surface area contributed by atoms with Crippen LogP contribution in [0.15, 0.2) is 6.20 Å². The number of nitrogens with zero attached hydrogens (tertiary/aromatic N) is 1. The van der Waals surface area contributed by atoms with Crippen LogP contribution >= 0.6 is 0 Å². The SMILES string of the molecule is Cc1cnc2c(c1C)NCNC2=O. The van der Waals surface area contributed by atoms with Crippen molar-refractivity contribution in [2.75, 3.05) is 12.0 Å². The molecule has 2 rings (SSSR count). The summed E-state index contributed by atoms with van der Waals surface area (Å²) in [5, 5.41) is 5.78. The van der Waals surface area contributed by atoms with Crippen molar-refractivity contribution < 1.29 is 4.79 Å². The number of fused-ring (bicyclic) bond motifs is 1. The van der Waals surface area contributed by atoms with Gasteiger partial charge in [-0.05, 0) is 25.0 Å². The molecular weight excluding hydrogens is 166 g/mol. The monoisotopic (exact) mass is 177 g/mol. The lowest BCUT2D eigenvalue weighted by molar-refractivity contribution is 0.0947. The largest absolute Gasteiger partial charge is 0.366 e.